The number of carbonyl (C=O) groups excluding carboxylic acids is 1. The fraction of sp³-hybridized carbons (Fsp3) is 0.462. The predicted octanol–water partition coefficient (Wildman–Crippen LogP) is 1.99. The summed E-state index contributed by atoms with van der Waals surface area (Å²) >= 11 is 1.85. The van der Waals surface area contributed by atoms with Gasteiger partial charge in [-0.25, -0.2) is 0 Å². The lowest BCUT2D eigenvalue weighted by atomic mass is 9.84. The zero-order valence-corrected chi connectivity index (χ0v) is 11.3. The molecule has 1 fully saturated rings. The third-order valence-electron chi connectivity index (χ3n) is 3.60. The number of amides is 1. The highest BCUT2D eigenvalue weighted by Gasteiger charge is 2.36. The SMILES string of the molecule is CSC1(CNC(=O)c2ccccc2NN)CCC1. The Morgan fingerprint density at radius 1 is 1.44 bits per heavy atom. The summed E-state index contributed by atoms with van der Waals surface area (Å²) in [5.74, 6) is 5.33. The van der Waals surface area contributed by atoms with Gasteiger partial charge in [-0.1, -0.05) is 18.6 Å². The molecule has 0 heterocycles. The van der Waals surface area contributed by atoms with Crippen LogP contribution in [0.2, 0.25) is 0 Å². The van der Waals surface area contributed by atoms with Crippen molar-refractivity contribution in [1.82, 2.24) is 5.32 Å². The summed E-state index contributed by atoms with van der Waals surface area (Å²) in [6.45, 7) is 0.728. The third-order valence-corrected chi connectivity index (χ3v) is 5.01. The molecular weight excluding hydrogens is 246 g/mol. The number of thioether (sulfide) groups is 1. The lowest BCUT2D eigenvalue weighted by Crippen LogP contribution is -2.45. The number of carbonyl (C=O) groups is 1. The van der Waals surface area contributed by atoms with Crippen LogP contribution >= 0.6 is 11.8 Å². The van der Waals surface area contributed by atoms with Crippen LogP contribution < -0.4 is 16.6 Å². The van der Waals surface area contributed by atoms with Crippen molar-refractivity contribution in [3.63, 3.8) is 0 Å². The van der Waals surface area contributed by atoms with Crippen LogP contribution in [-0.2, 0) is 0 Å². The molecule has 1 saturated carbocycles. The lowest BCUT2D eigenvalue weighted by molar-refractivity contribution is 0.0944. The fourth-order valence-electron chi connectivity index (χ4n) is 2.17. The van der Waals surface area contributed by atoms with Gasteiger partial charge in [0.1, 0.15) is 0 Å². The Kier molecular flexibility index (Phi) is 4.14. The van der Waals surface area contributed by atoms with Gasteiger partial charge in [0.25, 0.3) is 5.91 Å². The Hall–Kier alpha value is -1.20. The maximum Gasteiger partial charge on any atom is 0.253 e. The van der Waals surface area contributed by atoms with Crippen LogP contribution in [0.1, 0.15) is 29.6 Å². The number of anilines is 1. The zero-order chi connectivity index (χ0) is 13.0. The van der Waals surface area contributed by atoms with Crippen molar-refractivity contribution in [1.29, 1.82) is 0 Å². The molecule has 4 N–H and O–H groups in total. The van der Waals surface area contributed by atoms with Gasteiger partial charge in [-0.2, -0.15) is 11.8 Å². The van der Waals surface area contributed by atoms with E-state index in [1.807, 2.05) is 23.9 Å². The monoisotopic (exact) mass is 265 g/mol. The quantitative estimate of drug-likeness (QED) is 0.562. The lowest BCUT2D eigenvalue weighted by Gasteiger charge is -2.40. The molecule has 0 aromatic heterocycles. The molecule has 98 valence electrons. The third kappa shape index (κ3) is 2.62. The topological polar surface area (TPSA) is 67.2 Å². The molecule has 0 atom stereocenters. The molecule has 18 heavy (non-hydrogen) atoms. The van der Waals surface area contributed by atoms with Gasteiger partial charge < -0.3 is 10.7 Å². The van der Waals surface area contributed by atoms with Crippen LogP contribution in [0.15, 0.2) is 24.3 Å². The van der Waals surface area contributed by atoms with E-state index in [9.17, 15) is 4.79 Å². The molecule has 2 rings (SSSR count). The number of nitrogens with one attached hydrogen (secondary N) is 2. The highest BCUT2D eigenvalue weighted by Crippen LogP contribution is 2.42. The van der Waals surface area contributed by atoms with Crippen molar-refractivity contribution >= 4 is 23.4 Å². The second kappa shape index (κ2) is 5.63. The molecule has 0 spiro atoms. The summed E-state index contributed by atoms with van der Waals surface area (Å²) in [6.07, 6.45) is 5.74. The van der Waals surface area contributed by atoms with Crippen LogP contribution in [0.25, 0.3) is 0 Å². The Morgan fingerprint density at radius 3 is 2.72 bits per heavy atom. The second-order valence-electron chi connectivity index (χ2n) is 4.61. The zero-order valence-electron chi connectivity index (χ0n) is 10.5. The Morgan fingerprint density at radius 2 is 2.17 bits per heavy atom. The molecule has 1 amide bonds. The van der Waals surface area contributed by atoms with Gasteiger partial charge in [0.15, 0.2) is 0 Å². The molecule has 0 unspecified atom stereocenters. The number of benzene rings is 1. The van der Waals surface area contributed by atoms with Crippen molar-refractivity contribution < 1.29 is 4.79 Å². The van der Waals surface area contributed by atoms with E-state index >= 15 is 0 Å². The van der Waals surface area contributed by atoms with Crippen molar-refractivity contribution in [2.45, 2.75) is 24.0 Å². The summed E-state index contributed by atoms with van der Waals surface area (Å²) in [4.78, 5) is 12.1. The largest absolute Gasteiger partial charge is 0.351 e. The van der Waals surface area contributed by atoms with E-state index in [1.165, 1.54) is 19.3 Å². The Bertz CT molecular complexity index is 426. The van der Waals surface area contributed by atoms with E-state index in [4.69, 9.17) is 5.84 Å². The van der Waals surface area contributed by atoms with Crippen molar-refractivity contribution in [2.24, 2.45) is 5.84 Å². The van der Waals surface area contributed by atoms with E-state index in [-0.39, 0.29) is 10.7 Å². The van der Waals surface area contributed by atoms with Crippen molar-refractivity contribution in [3.05, 3.63) is 29.8 Å². The van der Waals surface area contributed by atoms with Gasteiger partial charge in [0.05, 0.1) is 11.3 Å². The first-order valence-electron chi connectivity index (χ1n) is 6.10. The van der Waals surface area contributed by atoms with Crippen LogP contribution in [0.3, 0.4) is 0 Å². The van der Waals surface area contributed by atoms with Gasteiger partial charge in [0.2, 0.25) is 0 Å². The molecule has 0 saturated heterocycles. The molecular formula is C13H19N3OS. The van der Waals surface area contributed by atoms with Gasteiger partial charge in [-0.05, 0) is 31.2 Å². The average Bonchev–Trinajstić information content (AvgIpc) is 2.37. The molecule has 1 aliphatic rings. The smallest absolute Gasteiger partial charge is 0.253 e. The van der Waals surface area contributed by atoms with E-state index < -0.39 is 0 Å². The standard InChI is InChI=1S/C13H19N3OS/c1-18-13(7-4-8-13)9-15-12(17)10-5-2-3-6-11(10)16-14/h2-3,5-6,16H,4,7-9,14H2,1H3,(H,15,17). The maximum absolute atomic E-state index is 12.1. The molecule has 0 radical (unpaired) electrons. The molecule has 1 aromatic rings. The minimum Gasteiger partial charge on any atom is -0.351 e. The summed E-state index contributed by atoms with van der Waals surface area (Å²) in [6, 6.07) is 7.25. The first-order valence-corrected chi connectivity index (χ1v) is 7.32. The average molecular weight is 265 g/mol. The minimum absolute atomic E-state index is 0.0659. The summed E-state index contributed by atoms with van der Waals surface area (Å²) in [5, 5.41) is 3.01. The maximum atomic E-state index is 12.1. The number of hydrogen-bond donors (Lipinski definition) is 3. The van der Waals surface area contributed by atoms with E-state index in [2.05, 4.69) is 17.0 Å². The number of hydrogen-bond acceptors (Lipinski definition) is 4. The van der Waals surface area contributed by atoms with Gasteiger partial charge >= 0.3 is 0 Å². The highest BCUT2D eigenvalue weighted by atomic mass is 32.2. The molecule has 0 aliphatic heterocycles. The van der Waals surface area contributed by atoms with Crippen LogP contribution in [-0.4, -0.2) is 23.5 Å². The predicted molar refractivity (Wildman–Crippen MR) is 76.7 cm³/mol. The molecule has 1 aliphatic carbocycles. The first kappa shape index (κ1) is 13.2. The second-order valence-corrected chi connectivity index (χ2v) is 5.89. The molecule has 1 aromatic carbocycles. The number of nitrogen functional groups attached to an aromatic ring is 1. The number of rotatable bonds is 5. The Balaban J connectivity index is 1.99. The van der Waals surface area contributed by atoms with Crippen LogP contribution in [0.4, 0.5) is 5.69 Å². The van der Waals surface area contributed by atoms with E-state index in [0.29, 0.717) is 11.3 Å². The summed E-state index contributed by atoms with van der Waals surface area (Å²) in [7, 11) is 0. The van der Waals surface area contributed by atoms with Crippen molar-refractivity contribution in [2.75, 3.05) is 18.2 Å². The molecule has 0 bridgehead atoms. The van der Waals surface area contributed by atoms with E-state index in [0.717, 1.165) is 6.54 Å². The van der Waals surface area contributed by atoms with E-state index in [1.54, 1.807) is 12.1 Å². The fourth-order valence-corrected chi connectivity index (χ4v) is 3.08. The van der Waals surface area contributed by atoms with Gasteiger partial charge in [-0.15, -0.1) is 0 Å². The number of nitrogens with two attached hydrogens (primary N) is 1. The molecule has 4 nitrogen and oxygen atoms in total. The van der Waals surface area contributed by atoms with Crippen LogP contribution in [0.5, 0.6) is 0 Å². The number of para-hydroxylation sites is 1. The summed E-state index contributed by atoms with van der Waals surface area (Å²) < 4.78 is 0.251. The highest BCUT2D eigenvalue weighted by molar-refractivity contribution is 8.00. The Labute approximate surface area is 112 Å². The minimum atomic E-state index is -0.0659. The first-order chi connectivity index (χ1) is 8.71. The van der Waals surface area contributed by atoms with Crippen LogP contribution in [0, 0.1) is 0 Å². The summed E-state index contributed by atoms with van der Waals surface area (Å²) in [5.41, 5.74) is 3.80. The van der Waals surface area contributed by atoms with Crippen molar-refractivity contribution in [3.8, 4) is 0 Å². The number of hydrazine groups is 1. The van der Waals surface area contributed by atoms with Gasteiger partial charge in [-0.3, -0.25) is 10.6 Å². The molecule has 5 heteroatoms. The normalized spacial score (nSPS) is 16.8. The van der Waals surface area contributed by atoms with Gasteiger partial charge in [0, 0.05) is 11.3 Å².